The van der Waals surface area contributed by atoms with Crippen molar-refractivity contribution in [1.29, 1.82) is 0 Å². The fourth-order valence-electron chi connectivity index (χ4n) is 1.50. The predicted octanol–water partition coefficient (Wildman–Crippen LogP) is 0.521. The molecule has 0 radical (unpaired) electrons. The minimum absolute atomic E-state index is 0.221. The summed E-state index contributed by atoms with van der Waals surface area (Å²) >= 11 is 0. The number of hydrogen-bond acceptors (Lipinski definition) is 4. The Hall–Kier alpha value is -1.88. The number of nitrogens with two attached hydrogens (primary N) is 1. The minimum Gasteiger partial charge on any atom is -0.394 e. The molecule has 1 atom stereocenters. The summed E-state index contributed by atoms with van der Waals surface area (Å²) in [5.41, 5.74) is 7.87. The number of amides is 1. The SMILES string of the molecule is [2H]C1=NC(C)(c2ccccc2C(N)=O)NO1. The Balaban J connectivity index is 2.52. The van der Waals surface area contributed by atoms with E-state index in [1.807, 2.05) is 0 Å². The van der Waals surface area contributed by atoms with Gasteiger partial charge in [-0.1, -0.05) is 18.2 Å². The normalized spacial score (nSPS) is 25.4. The molecule has 0 aliphatic carbocycles. The third kappa shape index (κ3) is 1.57. The van der Waals surface area contributed by atoms with Gasteiger partial charge in [-0.05, 0) is 13.0 Å². The first-order valence-electron chi connectivity index (χ1n) is 4.93. The van der Waals surface area contributed by atoms with Crippen molar-refractivity contribution >= 4 is 12.3 Å². The molecule has 15 heavy (non-hydrogen) atoms. The highest BCUT2D eigenvalue weighted by Crippen LogP contribution is 2.27. The van der Waals surface area contributed by atoms with Crippen molar-refractivity contribution in [3.05, 3.63) is 35.4 Å². The van der Waals surface area contributed by atoms with Crippen LogP contribution >= 0.6 is 0 Å². The van der Waals surface area contributed by atoms with Crippen LogP contribution in [0.2, 0.25) is 0 Å². The smallest absolute Gasteiger partial charge is 0.249 e. The highest BCUT2D eigenvalue weighted by Gasteiger charge is 2.32. The monoisotopic (exact) mass is 206 g/mol. The molecule has 0 saturated carbocycles. The molecule has 0 saturated heterocycles. The zero-order chi connectivity index (χ0) is 11.8. The van der Waals surface area contributed by atoms with E-state index in [0.29, 0.717) is 11.1 Å². The van der Waals surface area contributed by atoms with E-state index in [1.165, 1.54) is 0 Å². The molecule has 0 aromatic heterocycles. The fraction of sp³-hybridized carbons (Fsp3) is 0.200. The zero-order valence-electron chi connectivity index (χ0n) is 9.15. The molecule has 2 rings (SSSR count). The lowest BCUT2D eigenvalue weighted by Gasteiger charge is -2.21. The molecule has 1 unspecified atom stereocenters. The van der Waals surface area contributed by atoms with Crippen molar-refractivity contribution in [3.8, 4) is 0 Å². The maximum absolute atomic E-state index is 11.3. The van der Waals surface area contributed by atoms with Gasteiger partial charge in [-0.2, -0.15) is 0 Å². The summed E-state index contributed by atoms with van der Waals surface area (Å²) in [6, 6.07) is 6.82. The number of carbonyl (C=O) groups is 1. The first-order valence-corrected chi connectivity index (χ1v) is 4.43. The van der Waals surface area contributed by atoms with E-state index >= 15 is 0 Å². The molecule has 0 spiro atoms. The number of hydroxylamine groups is 1. The van der Waals surface area contributed by atoms with Crippen molar-refractivity contribution in [2.45, 2.75) is 12.6 Å². The number of nitrogens with one attached hydrogen (secondary N) is 1. The number of hydrogen-bond donors (Lipinski definition) is 2. The third-order valence-electron chi connectivity index (χ3n) is 2.28. The summed E-state index contributed by atoms with van der Waals surface area (Å²) in [5, 5.41) is 0. The molecule has 1 amide bonds. The van der Waals surface area contributed by atoms with E-state index < -0.39 is 11.6 Å². The molecular formula is C10H11N3O2. The molecular weight excluding hydrogens is 194 g/mol. The molecule has 1 heterocycles. The van der Waals surface area contributed by atoms with Gasteiger partial charge in [0.25, 0.3) is 0 Å². The summed E-state index contributed by atoms with van der Waals surface area (Å²) in [4.78, 5) is 20.0. The lowest BCUT2D eigenvalue weighted by molar-refractivity contribution is 0.0990. The predicted molar refractivity (Wildman–Crippen MR) is 55.0 cm³/mol. The Morgan fingerprint density at radius 3 is 3.00 bits per heavy atom. The molecule has 1 aliphatic rings. The average molecular weight is 206 g/mol. The maximum atomic E-state index is 11.3. The van der Waals surface area contributed by atoms with Gasteiger partial charge in [-0.3, -0.25) is 4.79 Å². The summed E-state index contributed by atoms with van der Waals surface area (Å²) in [6.07, 6.45) is -0.221. The second-order valence-electron chi connectivity index (χ2n) is 3.39. The second-order valence-corrected chi connectivity index (χ2v) is 3.39. The highest BCUT2D eigenvalue weighted by atomic mass is 16.7. The van der Waals surface area contributed by atoms with E-state index in [-0.39, 0.29) is 6.38 Å². The van der Waals surface area contributed by atoms with Crippen LogP contribution < -0.4 is 11.2 Å². The molecule has 0 fully saturated rings. The van der Waals surface area contributed by atoms with Crippen molar-refractivity contribution in [2.75, 3.05) is 0 Å². The molecule has 78 valence electrons. The van der Waals surface area contributed by atoms with E-state index in [9.17, 15) is 4.79 Å². The van der Waals surface area contributed by atoms with Crippen LogP contribution in [0.5, 0.6) is 0 Å². The van der Waals surface area contributed by atoms with Crippen molar-refractivity contribution in [1.82, 2.24) is 5.48 Å². The Morgan fingerprint density at radius 1 is 1.67 bits per heavy atom. The Bertz CT molecular complexity index is 475. The number of nitrogens with zero attached hydrogens (tertiary/aromatic N) is 1. The zero-order valence-corrected chi connectivity index (χ0v) is 8.15. The van der Waals surface area contributed by atoms with Crippen molar-refractivity contribution < 1.29 is 11.0 Å². The van der Waals surface area contributed by atoms with Crippen molar-refractivity contribution in [2.24, 2.45) is 10.7 Å². The van der Waals surface area contributed by atoms with Crippen LogP contribution in [0.25, 0.3) is 0 Å². The first kappa shape index (κ1) is 8.43. The number of primary amides is 1. The highest BCUT2D eigenvalue weighted by molar-refractivity contribution is 5.94. The van der Waals surface area contributed by atoms with E-state index in [4.69, 9.17) is 11.9 Å². The summed E-state index contributed by atoms with van der Waals surface area (Å²) in [5.74, 6) is -0.535. The first-order chi connectivity index (χ1) is 7.53. The Labute approximate surface area is 88.3 Å². The van der Waals surface area contributed by atoms with Gasteiger partial charge in [0.1, 0.15) is 1.37 Å². The van der Waals surface area contributed by atoms with Gasteiger partial charge in [0.05, 0.1) is 0 Å². The minimum atomic E-state index is -0.942. The third-order valence-corrected chi connectivity index (χ3v) is 2.28. The molecule has 3 N–H and O–H groups in total. The van der Waals surface area contributed by atoms with Crippen LogP contribution in [-0.2, 0) is 10.5 Å². The topological polar surface area (TPSA) is 76.7 Å². The number of rotatable bonds is 2. The molecule has 5 nitrogen and oxygen atoms in total. The van der Waals surface area contributed by atoms with Gasteiger partial charge in [0.15, 0.2) is 12.0 Å². The maximum Gasteiger partial charge on any atom is 0.249 e. The number of carbonyl (C=O) groups excluding carboxylic acids is 1. The molecule has 1 aromatic rings. The summed E-state index contributed by atoms with van der Waals surface area (Å²) in [6.45, 7) is 1.70. The average Bonchev–Trinajstić information content (AvgIpc) is 2.60. The number of aliphatic imine (C=N–C) groups is 1. The van der Waals surface area contributed by atoms with Crippen LogP contribution in [0.4, 0.5) is 0 Å². The van der Waals surface area contributed by atoms with E-state index in [2.05, 4.69) is 10.5 Å². The van der Waals surface area contributed by atoms with Crippen LogP contribution in [0.3, 0.4) is 0 Å². The standard InChI is InChI=1S/C10H11N3O2/c1-10(12-6-15-13-10)8-5-3-2-4-7(8)9(11)14/h2-6,13H,1H3,(H2,11,14)/i6D. The number of benzene rings is 1. The van der Waals surface area contributed by atoms with Gasteiger partial charge in [0.2, 0.25) is 5.91 Å². The van der Waals surface area contributed by atoms with E-state index in [1.54, 1.807) is 31.2 Å². The van der Waals surface area contributed by atoms with Crippen LogP contribution in [0.15, 0.2) is 29.3 Å². The quantitative estimate of drug-likeness (QED) is 0.740. The van der Waals surface area contributed by atoms with E-state index in [0.717, 1.165) is 0 Å². The molecule has 0 bridgehead atoms. The lowest BCUT2D eigenvalue weighted by atomic mass is 9.96. The fourth-order valence-corrected chi connectivity index (χ4v) is 1.50. The van der Waals surface area contributed by atoms with Crippen molar-refractivity contribution in [3.63, 3.8) is 0 Å². The van der Waals surface area contributed by atoms with Crippen LogP contribution in [0.1, 0.15) is 24.2 Å². The molecule has 1 aliphatic heterocycles. The largest absolute Gasteiger partial charge is 0.394 e. The van der Waals surface area contributed by atoms with Gasteiger partial charge >= 0.3 is 0 Å². The van der Waals surface area contributed by atoms with Gasteiger partial charge in [0, 0.05) is 11.1 Å². The lowest BCUT2D eigenvalue weighted by Crippen LogP contribution is -2.34. The second kappa shape index (κ2) is 3.36. The molecule has 1 aromatic carbocycles. The van der Waals surface area contributed by atoms with Crippen LogP contribution in [-0.4, -0.2) is 12.3 Å². The summed E-state index contributed by atoms with van der Waals surface area (Å²) < 4.78 is 7.26. The Kier molecular flexibility index (Phi) is 1.89. The van der Waals surface area contributed by atoms with Crippen LogP contribution in [0, 0.1) is 0 Å². The molecule has 5 heteroatoms. The Morgan fingerprint density at radius 2 is 2.40 bits per heavy atom. The summed E-state index contributed by atoms with van der Waals surface area (Å²) in [7, 11) is 0. The van der Waals surface area contributed by atoms with Gasteiger partial charge in [-0.15, -0.1) is 5.48 Å². The van der Waals surface area contributed by atoms with Gasteiger partial charge < -0.3 is 10.6 Å². The van der Waals surface area contributed by atoms with Gasteiger partial charge in [-0.25, -0.2) is 4.99 Å².